The van der Waals surface area contributed by atoms with Gasteiger partial charge in [-0.1, -0.05) is 0 Å². The fourth-order valence-corrected chi connectivity index (χ4v) is 2.53. The number of hydrogen-bond acceptors (Lipinski definition) is 4. The number of rotatable bonds is 4. The van der Waals surface area contributed by atoms with E-state index in [1.54, 1.807) is 12.5 Å². The van der Waals surface area contributed by atoms with E-state index in [0.717, 1.165) is 37.4 Å². The number of benzene rings is 1. The predicted molar refractivity (Wildman–Crippen MR) is 81.8 cm³/mol. The van der Waals surface area contributed by atoms with Crippen LogP contribution in [0.25, 0.3) is 5.69 Å². The smallest absolute Gasteiger partial charge is 0.176 e. The minimum atomic E-state index is 0.191. The highest BCUT2D eigenvalue weighted by Gasteiger charge is 2.17. The van der Waals surface area contributed by atoms with Gasteiger partial charge in [0.05, 0.1) is 12.9 Å². The number of hydrogen-bond donors (Lipinski definition) is 0. The number of likely N-dealkylation sites (N-methyl/N-ethyl adjacent to an activating group) is 1. The Bertz CT molecular complexity index is 583. The fraction of sp³-hybridized carbons (Fsp3) is 0.375. The molecule has 0 N–H and O–H groups in total. The fourth-order valence-electron chi connectivity index (χ4n) is 2.53. The standard InChI is InChI=1S/C16H20N4O/c1-18-8-10-19(11-9-18)12-16(21)14-2-4-15(5-3-14)20-7-6-17-13-20/h2-7,13H,8-12H2,1H3. The molecule has 0 saturated carbocycles. The van der Waals surface area contributed by atoms with E-state index in [0.29, 0.717) is 6.54 Å². The lowest BCUT2D eigenvalue weighted by molar-refractivity contribution is 0.0876. The van der Waals surface area contributed by atoms with Crippen LogP contribution in [0.2, 0.25) is 0 Å². The van der Waals surface area contributed by atoms with Gasteiger partial charge in [-0.2, -0.15) is 0 Å². The Kier molecular flexibility index (Phi) is 4.13. The first-order chi connectivity index (χ1) is 10.2. The number of ketones is 1. The minimum Gasteiger partial charge on any atom is -0.306 e. The molecule has 0 spiro atoms. The molecule has 1 aromatic heterocycles. The number of piperazine rings is 1. The van der Waals surface area contributed by atoms with E-state index in [1.807, 2.05) is 35.0 Å². The molecule has 0 unspecified atom stereocenters. The van der Waals surface area contributed by atoms with Gasteiger partial charge in [-0.25, -0.2) is 4.98 Å². The van der Waals surface area contributed by atoms with E-state index >= 15 is 0 Å². The summed E-state index contributed by atoms with van der Waals surface area (Å²) < 4.78 is 1.93. The van der Waals surface area contributed by atoms with Crippen molar-refractivity contribution in [1.82, 2.24) is 19.4 Å². The zero-order valence-electron chi connectivity index (χ0n) is 12.3. The molecule has 1 fully saturated rings. The van der Waals surface area contributed by atoms with Gasteiger partial charge < -0.3 is 9.47 Å². The van der Waals surface area contributed by atoms with Crippen LogP contribution in [-0.2, 0) is 0 Å². The van der Waals surface area contributed by atoms with Crippen molar-refractivity contribution < 1.29 is 4.79 Å². The minimum absolute atomic E-state index is 0.191. The van der Waals surface area contributed by atoms with Gasteiger partial charge in [0.15, 0.2) is 5.78 Å². The van der Waals surface area contributed by atoms with E-state index < -0.39 is 0 Å². The molecule has 5 heteroatoms. The van der Waals surface area contributed by atoms with Crippen LogP contribution >= 0.6 is 0 Å². The highest BCUT2D eigenvalue weighted by molar-refractivity contribution is 5.97. The molecule has 1 aromatic carbocycles. The van der Waals surface area contributed by atoms with Crippen molar-refractivity contribution in [3.8, 4) is 5.69 Å². The molecule has 1 aliphatic heterocycles. The lowest BCUT2D eigenvalue weighted by Gasteiger charge is -2.31. The SMILES string of the molecule is CN1CCN(CC(=O)c2ccc(-n3ccnc3)cc2)CC1. The monoisotopic (exact) mass is 284 g/mol. The Morgan fingerprint density at radius 2 is 1.86 bits per heavy atom. The van der Waals surface area contributed by atoms with Crippen LogP contribution in [0.5, 0.6) is 0 Å². The van der Waals surface area contributed by atoms with E-state index in [2.05, 4.69) is 21.8 Å². The summed E-state index contributed by atoms with van der Waals surface area (Å²) in [6, 6.07) is 7.71. The zero-order chi connectivity index (χ0) is 14.7. The summed E-state index contributed by atoms with van der Waals surface area (Å²) in [6.45, 7) is 4.52. The molecule has 0 atom stereocenters. The summed E-state index contributed by atoms with van der Waals surface area (Å²) in [7, 11) is 2.12. The van der Waals surface area contributed by atoms with Gasteiger partial charge in [0.1, 0.15) is 0 Å². The maximum Gasteiger partial charge on any atom is 0.176 e. The van der Waals surface area contributed by atoms with Crippen LogP contribution in [0.4, 0.5) is 0 Å². The topological polar surface area (TPSA) is 41.4 Å². The van der Waals surface area contributed by atoms with Crippen molar-refractivity contribution in [3.05, 3.63) is 48.5 Å². The van der Waals surface area contributed by atoms with Gasteiger partial charge in [-0.05, 0) is 31.3 Å². The maximum absolute atomic E-state index is 12.3. The van der Waals surface area contributed by atoms with Crippen molar-refractivity contribution >= 4 is 5.78 Å². The number of carbonyl (C=O) groups excluding carboxylic acids is 1. The zero-order valence-corrected chi connectivity index (χ0v) is 12.3. The molecule has 0 radical (unpaired) electrons. The van der Waals surface area contributed by atoms with E-state index in [1.165, 1.54) is 0 Å². The summed E-state index contributed by atoms with van der Waals surface area (Å²) in [5.41, 5.74) is 1.79. The first kappa shape index (κ1) is 14.0. The summed E-state index contributed by atoms with van der Waals surface area (Å²) >= 11 is 0. The van der Waals surface area contributed by atoms with Gasteiger partial charge >= 0.3 is 0 Å². The number of aromatic nitrogens is 2. The third kappa shape index (κ3) is 3.37. The molecular weight excluding hydrogens is 264 g/mol. The van der Waals surface area contributed by atoms with Gasteiger partial charge in [0.25, 0.3) is 0 Å². The molecule has 1 aliphatic rings. The molecule has 5 nitrogen and oxygen atoms in total. The van der Waals surface area contributed by atoms with Crippen molar-refractivity contribution in [2.45, 2.75) is 0 Å². The van der Waals surface area contributed by atoms with Crippen LogP contribution in [0.15, 0.2) is 43.0 Å². The molecule has 2 aromatic rings. The maximum atomic E-state index is 12.3. The van der Waals surface area contributed by atoms with Crippen LogP contribution < -0.4 is 0 Å². The Hall–Kier alpha value is -1.98. The van der Waals surface area contributed by atoms with E-state index in [9.17, 15) is 4.79 Å². The van der Waals surface area contributed by atoms with Crippen molar-refractivity contribution in [2.75, 3.05) is 39.8 Å². The summed E-state index contributed by atoms with van der Waals surface area (Å²) in [5.74, 6) is 0.191. The normalized spacial score (nSPS) is 17.0. The summed E-state index contributed by atoms with van der Waals surface area (Å²) in [4.78, 5) is 20.9. The summed E-state index contributed by atoms with van der Waals surface area (Å²) in [5, 5.41) is 0. The summed E-state index contributed by atoms with van der Waals surface area (Å²) in [6.07, 6.45) is 5.38. The molecule has 3 rings (SSSR count). The molecule has 110 valence electrons. The molecule has 21 heavy (non-hydrogen) atoms. The second kappa shape index (κ2) is 6.20. The van der Waals surface area contributed by atoms with Gasteiger partial charge in [0, 0.05) is 49.8 Å². The molecule has 0 bridgehead atoms. The Labute approximate surface area is 124 Å². The van der Waals surface area contributed by atoms with Gasteiger partial charge in [-0.3, -0.25) is 9.69 Å². The average molecular weight is 284 g/mol. The molecule has 0 aliphatic carbocycles. The highest BCUT2D eigenvalue weighted by Crippen LogP contribution is 2.11. The molecular formula is C16H20N4O. The Morgan fingerprint density at radius 3 is 2.48 bits per heavy atom. The van der Waals surface area contributed by atoms with Crippen LogP contribution in [0, 0.1) is 0 Å². The lowest BCUT2D eigenvalue weighted by Crippen LogP contribution is -2.46. The van der Waals surface area contributed by atoms with Crippen molar-refractivity contribution in [3.63, 3.8) is 0 Å². The number of nitrogens with zero attached hydrogens (tertiary/aromatic N) is 4. The third-order valence-electron chi connectivity index (χ3n) is 3.95. The first-order valence-electron chi connectivity index (χ1n) is 7.25. The van der Waals surface area contributed by atoms with E-state index in [4.69, 9.17) is 0 Å². The second-order valence-electron chi connectivity index (χ2n) is 5.52. The first-order valence-corrected chi connectivity index (χ1v) is 7.25. The Balaban J connectivity index is 1.62. The Morgan fingerprint density at radius 1 is 1.14 bits per heavy atom. The quantitative estimate of drug-likeness (QED) is 0.794. The van der Waals surface area contributed by atoms with Crippen LogP contribution in [0.3, 0.4) is 0 Å². The largest absolute Gasteiger partial charge is 0.306 e. The highest BCUT2D eigenvalue weighted by atomic mass is 16.1. The lowest BCUT2D eigenvalue weighted by atomic mass is 10.1. The van der Waals surface area contributed by atoms with Crippen LogP contribution in [-0.4, -0.2) is 64.9 Å². The van der Waals surface area contributed by atoms with E-state index in [-0.39, 0.29) is 5.78 Å². The second-order valence-corrected chi connectivity index (χ2v) is 5.52. The van der Waals surface area contributed by atoms with Gasteiger partial charge in [0.2, 0.25) is 0 Å². The van der Waals surface area contributed by atoms with Crippen LogP contribution in [0.1, 0.15) is 10.4 Å². The number of Topliss-reactive ketones (excluding diaryl/α,β-unsaturated/α-hetero) is 1. The van der Waals surface area contributed by atoms with Crippen molar-refractivity contribution in [1.29, 1.82) is 0 Å². The molecule has 1 saturated heterocycles. The molecule has 0 amide bonds. The van der Waals surface area contributed by atoms with Crippen molar-refractivity contribution in [2.24, 2.45) is 0 Å². The number of imidazole rings is 1. The number of carbonyl (C=O) groups is 1. The van der Waals surface area contributed by atoms with Gasteiger partial charge in [-0.15, -0.1) is 0 Å². The third-order valence-corrected chi connectivity index (χ3v) is 3.95. The molecule has 2 heterocycles. The predicted octanol–water partition coefficient (Wildman–Crippen LogP) is 1.30. The average Bonchev–Trinajstić information content (AvgIpc) is 3.04.